The maximum absolute atomic E-state index is 11.9. The molecule has 6 heteroatoms. The fourth-order valence-corrected chi connectivity index (χ4v) is 2.39. The van der Waals surface area contributed by atoms with Crippen LogP contribution in [-0.2, 0) is 0 Å². The van der Waals surface area contributed by atoms with Crippen LogP contribution in [0.3, 0.4) is 0 Å². The van der Waals surface area contributed by atoms with Crippen LogP contribution in [0.4, 0.5) is 11.4 Å². The van der Waals surface area contributed by atoms with Crippen molar-refractivity contribution in [1.29, 1.82) is 0 Å². The Kier molecular flexibility index (Phi) is 4.03. The molecule has 2 aromatic rings. The van der Waals surface area contributed by atoms with E-state index in [9.17, 15) is 9.90 Å². The van der Waals surface area contributed by atoms with Gasteiger partial charge in [-0.2, -0.15) is 11.3 Å². The number of hydrogen-bond donors (Lipinski definition) is 4. The number of nitrogens with one attached hydrogen (secondary N) is 1. The highest BCUT2D eigenvalue weighted by molar-refractivity contribution is 7.07. The van der Waals surface area contributed by atoms with Crippen molar-refractivity contribution in [3.63, 3.8) is 0 Å². The van der Waals surface area contributed by atoms with Crippen LogP contribution >= 0.6 is 11.3 Å². The van der Waals surface area contributed by atoms with Gasteiger partial charge >= 0.3 is 0 Å². The number of hydrogen-bond acceptors (Lipinski definition) is 5. The van der Waals surface area contributed by atoms with Gasteiger partial charge in [0.1, 0.15) is 0 Å². The monoisotopic (exact) mass is 277 g/mol. The summed E-state index contributed by atoms with van der Waals surface area (Å²) in [4.78, 5) is 11.9. The molecule has 0 fully saturated rings. The highest BCUT2D eigenvalue weighted by Crippen LogP contribution is 2.16. The molecule has 1 unspecified atom stereocenters. The molecule has 1 aromatic carbocycles. The fourth-order valence-electron chi connectivity index (χ4n) is 1.68. The number of nitrogen functional groups attached to an aromatic ring is 2. The SMILES string of the molecule is Nc1cc(N)cc(C(=O)NCC(O)c2ccsc2)c1. The van der Waals surface area contributed by atoms with E-state index in [1.165, 1.54) is 11.3 Å². The van der Waals surface area contributed by atoms with E-state index < -0.39 is 6.10 Å². The molecule has 0 aliphatic carbocycles. The van der Waals surface area contributed by atoms with Crippen LogP contribution in [0.15, 0.2) is 35.0 Å². The van der Waals surface area contributed by atoms with Crippen molar-refractivity contribution < 1.29 is 9.90 Å². The van der Waals surface area contributed by atoms with Crippen LogP contribution < -0.4 is 16.8 Å². The average molecular weight is 277 g/mol. The molecule has 2 rings (SSSR count). The summed E-state index contributed by atoms with van der Waals surface area (Å²) in [7, 11) is 0. The summed E-state index contributed by atoms with van der Waals surface area (Å²) in [6.07, 6.45) is -0.714. The number of carbonyl (C=O) groups is 1. The second-order valence-corrected chi connectivity index (χ2v) is 4.95. The first-order valence-electron chi connectivity index (χ1n) is 5.70. The fraction of sp³-hybridized carbons (Fsp3) is 0.154. The third kappa shape index (κ3) is 3.46. The molecule has 0 bridgehead atoms. The Labute approximate surface area is 114 Å². The second-order valence-electron chi connectivity index (χ2n) is 4.17. The van der Waals surface area contributed by atoms with E-state index in [2.05, 4.69) is 5.32 Å². The lowest BCUT2D eigenvalue weighted by atomic mass is 10.1. The Morgan fingerprint density at radius 1 is 1.32 bits per heavy atom. The molecule has 6 N–H and O–H groups in total. The van der Waals surface area contributed by atoms with Gasteiger partial charge in [-0.3, -0.25) is 4.79 Å². The standard InChI is InChI=1S/C13H15N3O2S/c14-10-3-9(4-11(15)5-10)13(18)16-6-12(17)8-1-2-19-7-8/h1-5,7,12,17H,6,14-15H2,(H,16,18). The van der Waals surface area contributed by atoms with Crippen LogP contribution in [0, 0.1) is 0 Å². The van der Waals surface area contributed by atoms with Crippen molar-refractivity contribution in [2.24, 2.45) is 0 Å². The zero-order valence-corrected chi connectivity index (χ0v) is 11.0. The third-order valence-corrected chi connectivity index (χ3v) is 3.33. The number of amides is 1. The summed E-state index contributed by atoms with van der Waals surface area (Å²) in [5.41, 5.74) is 13.3. The van der Waals surface area contributed by atoms with Gasteiger partial charge in [0.15, 0.2) is 0 Å². The Hall–Kier alpha value is -2.05. The minimum Gasteiger partial charge on any atom is -0.399 e. The first kappa shape index (κ1) is 13.4. The molecule has 100 valence electrons. The van der Waals surface area contributed by atoms with Gasteiger partial charge in [-0.15, -0.1) is 0 Å². The Balaban J connectivity index is 1.98. The first-order chi connectivity index (χ1) is 9.06. The maximum Gasteiger partial charge on any atom is 0.251 e. The van der Waals surface area contributed by atoms with E-state index >= 15 is 0 Å². The zero-order chi connectivity index (χ0) is 13.8. The molecule has 0 saturated carbocycles. The molecule has 1 atom stereocenters. The van der Waals surface area contributed by atoms with Crippen molar-refractivity contribution in [3.05, 3.63) is 46.2 Å². The van der Waals surface area contributed by atoms with Gasteiger partial charge in [-0.05, 0) is 40.6 Å². The van der Waals surface area contributed by atoms with E-state index in [0.29, 0.717) is 16.9 Å². The Morgan fingerprint density at radius 2 is 2.00 bits per heavy atom. The highest BCUT2D eigenvalue weighted by Gasteiger charge is 2.11. The van der Waals surface area contributed by atoms with Crippen molar-refractivity contribution in [2.75, 3.05) is 18.0 Å². The molecule has 1 amide bonds. The maximum atomic E-state index is 11.9. The van der Waals surface area contributed by atoms with Crippen LogP contribution in [-0.4, -0.2) is 17.6 Å². The number of nitrogens with two attached hydrogens (primary N) is 2. The number of anilines is 2. The van der Waals surface area contributed by atoms with Crippen LogP contribution in [0.25, 0.3) is 0 Å². The van der Waals surface area contributed by atoms with E-state index in [4.69, 9.17) is 11.5 Å². The quantitative estimate of drug-likeness (QED) is 0.634. The second kappa shape index (κ2) is 5.73. The molecular weight excluding hydrogens is 262 g/mol. The van der Waals surface area contributed by atoms with E-state index in [0.717, 1.165) is 5.56 Å². The summed E-state index contributed by atoms with van der Waals surface area (Å²) in [5.74, 6) is -0.312. The summed E-state index contributed by atoms with van der Waals surface area (Å²) < 4.78 is 0. The number of rotatable bonds is 4. The van der Waals surface area contributed by atoms with E-state index in [-0.39, 0.29) is 12.5 Å². The normalized spacial score (nSPS) is 12.1. The Bertz CT molecular complexity index is 549. The van der Waals surface area contributed by atoms with E-state index in [1.807, 2.05) is 16.8 Å². The van der Waals surface area contributed by atoms with Crippen molar-refractivity contribution >= 4 is 28.6 Å². The number of carbonyl (C=O) groups excluding carboxylic acids is 1. The van der Waals surface area contributed by atoms with Crippen LogP contribution in [0.5, 0.6) is 0 Å². The lowest BCUT2D eigenvalue weighted by Crippen LogP contribution is -2.28. The molecule has 0 radical (unpaired) electrons. The topological polar surface area (TPSA) is 101 Å². The van der Waals surface area contributed by atoms with E-state index in [1.54, 1.807) is 18.2 Å². The lowest BCUT2D eigenvalue weighted by molar-refractivity contribution is 0.0916. The summed E-state index contributed by atoms with van der Waals surface area (Å²) in [5, 5.41) is 16.2. The molecule has 19 heavy (non-hydrogen) atoms. The van der Waals surface area contributed by atoms with Crippen molar-refractivity contribution in [2.45, 2.75) is 6.10 Å². The van der Waals surface area contributed by atoms with Gasteiger partial charge in [-0.1, -0.05) is 0 Å². The predicted molar refractivity (Wildman–Crippen MR) is 76.9 cm³/mol. The summed E-state index contributed by atoms with van der Waals surface area (Å²) >= 11 is 1.50. The number of thiophene rings is 1. The largest absolute Gasteiger partial charge is 0.399 e. The Morgan fingerprint density at radius 3 is 2.58 bits per heavy atom. The first-order valence-corrected chi connectivity index (χ1v) is 6.65. The molecule has 0 saturated heterocycles. The van der Waals surface area contributed by atoms with Gasteiger partial charge in [-0.25, -0.2) is 0 Å². The van der Waals surface area contributed by atoms with Crippen LogP contribution in [0.2, 0.25) is 0 Å². The average Bonchev–Trinajstić information content (AvgIpc) is 2.88. The summed E-state index contributed by atoms with van der Waals surface area (Å²) in [6, 6.07) is 6.49. The number of aliphatic hydroxyl groups excluding tert-OH is 1. The minimum atomic E-state index is -0.714. The minimum absolute atomic E-state index is 0.143. The van der Waals surface area contributed by atoms with Gasteiger partial charge in [0.25, 0.3) is 5.91 Å². The summed E-state index contributed by atoms with van der Waals surface area (Å²) in [6.45, 7) is 0.143. The lowest BCUT2D eigenvalue weighted by Gasteiger charge is -2.11. The van der Waals surface area contributed by atoms with Crippen molar-refractivity contribution in [1.82, 2.24) is 5.32 Å². The zero-order valence-electron chi connectivity index (χ0n) is 10.2. The predicted octanol–water partition coefficient (Wildman–Crippen LogP) is 1.38. The molecular formula is C13H15N3O2S. The molecule has 5 nitrogen and oxygen atoms in total. The van der Waals surface area contributed by atoms with Gasteiger partial charge in [0, 0.05) is 23.5 Å². The number of aliphatic hydroxyl groups is 1. The molecule has 1 heterocycles. The van der Waals surface area contributed by atoms with Gasteiger partial charge in [0.2, 0.25) is 0 Å². The molecule has 0 aliphatic rings. The molecule has 1 aromatic heterocycles. The van der Waals surface area contributed by atoms with Gasteiger partial charge < -0.3 is 21.9 Å². The van der Waals surface area contributed by atoms with Crippen LogP contribution in [0.1, 0.15) is 22.0 Å². The highest BCUT2D eigenvalue weighted by atomic mass is 32.1. The smallest absolute Gasteiger partial charge is 0.251 e. The molecule has 0 spiro atoms. The van der Waals surface area contributed by atoms with Crippen molar-refractivity contribution in [3.8, 4) is 0 Å². The molecule has 0 aliphatic heterocycles. The number of benzene rings is 1. The van der Waals surface area contributed by atoms with Gasteiger partial charge in [0.05, 0.1) is 6.10 Å². The third-order valence-electron chi connectivity index (χ3n) is 2.62.